The topological polar surface area (TPSA) is 67.2 Å². The van der Waals surface area contributed by atoms with Crippen molar-refractivity contribution >= 4 is 5.91 Å². The average molecular weight is 327 g/mol. The van der Waals surface area contributed by atoms with E-state index in [9.17, 15) is 9.90 Å². The average Bonchev–Trinajstić information content (AvgIpc) is 2.96. The predicted molar refractivity (Wildman–Crippen MR) is 93.5 cm³/mol. The fourth-order valence-corrected chi connectivity index (χ4v) is 3.08. The molecule has 1 aromatic heterocycles. The van der Waals surface area contributed by atoms with Crippen LogP contribution in [0.25, 0.3) is 5.69 Å². The summed E-state index contributed by atoms with van der Waals surface area (Å²) in [7, 11) is 0. The van der Waals surface area contributed by atoms with Gasteiger partial charge in [-0.3, -0.25) is 4.79 Å². The minimum Gasteiger partial charge on any atom is -0.388 e. The highest BCUT2D eigenvalue weighted by molar-refractivity contribution is 5.95. The molecular formula is C19H25N3O2. The van der Waals surface area contributed by atoms with Crippen molar-refractivity contribution in [3.05, 3.63) is 47.3 Å². The Kier molecular flexibility index (Phi) is 4.45. The molecule has 1 aliphatic rings. The summed E-state index contributed by atoms with van der Waals surface area (Å²) in [5, 5.41) is 17.5. The van der Waals surface area contributed by atoms with Crippen LogP contribution in [-0.4, -0.2) is 32.9 Å². The van der Waals surface area contributed by atoms with Crippen molar-refractivity contribution in [3.8, 4) is 5.69 Å². The highest BCUT2D eigenvalue weighted by atomic mass is 16.3. The fourth-order valence-electron chi connectivity index (χ4n) is 3.08. The molecule has 1 fully saturated rings. The zero-order valence-corrected chi connectivity index (χ0v) is 14.5. The van der Waals surface area contributed by atoms with E-state index in [1.807, 2.05) is 35.9 Å². The van der Waals surface area contributed by atoms with Crippen molar-refractivity contribution in [1.82, 2.24) is 15.1 Å². The van der Waals surface area contributed by atoms with Gasteiger partial charge in [-0.1, -0.05) is 31.5 Å². The maximum absolute atomic E-state index is 12.6. The number of benzene rings is 1. The van der Waals surface area contributed by atoms with Gasteiger partial charge in [-0.2, -0.15) is 5.10 Å². The number of nitrogens with zero attached hydrogens (tertiary/aromatic N) is 2. The van der Waals surface area contributed by atoms with Gasteiger partial charge in [0.2, 0.25) is 0 Å². The third-order valence-corrected chi connectivity index (χ3v) is 4.74. The molecule has 0 spiro atoms. The molecule has 2 N–H and O–H groups in total. The summed E-state index contributed by atoms with van der Waals surface area (Å²) in [6, 6.07) is 8.08. The zero-order chi connectivity index (χ0) is 17.3. The molecule has 0 radical (unpaired) electrons. The maximum atomic E-state index is 12.6. The molecule has 1 aliphatic carbocycles. The molecular weight excluding hydrogens is 302 g/mol. The number of hydrogen-bond acceptors (Lipinski definition) is 3. The van der Waals surface area contributed by atoms with E-state index in [0.717, 1.165) is 30.6 Å². The molecule has 0 unspecified atom stereocenters. The van der Waals surface area contributed by atoms with Crippen LogP contribution in [0.3, 0.4) is 0 Å². The quantitative estimate of drug-likeness (QED) is 0.887. The first-order valence-corrected chi connectivity index (χ1v) is 8.55. The molecule has 0 saturated heterocycles. The molecule has 1 aromatic carbocycles. The third kappa shape index (κ3) is 3.22. The second-order valence-electron chi connectivity index (χ2n) is 7.11. The van der Waals surface area contributed by atoms with E-state index in [2.05, 4.69) is 24.3 Å². The lowest BCUT2D eigenvalue weighted by molar-refractivity contribution is -0.0300. The third-order valence-electron chi connectivity index (χ3n) is 4.74. The molecule has 1 amide bonds. The van der Waals surface area contributed by atoms with Crippen LogP contribution in [0.5, 0.6) is 0 Å². The summed E-state index contributed by atoms with van der Waals surface area (Å²) < 4.78 is 1.83. The normalized spacial score (nSPS) is 16.0. The first kappa shape index (κ1) is 16.7. The van der Waals surface area contributed by atoms with Crippen LogP contribution in [0.15, 0.2) is 30.5 Å². The minimum absolute atomic E-state index is 0.154. The number of aromatic nitrogens is 2. The summed E-state index contributed by atoms with van der Waals surface area (Å²) in [5.74, 6) is -0.0151. The number of rotatable bonds is 5. The molecule has 24 heavy (non-hydrogen) atoms. The second kappa shape index (κ2) is 6.40. The van der Waals surface area contributed by atoms with Gasteiger partial charge in [0.15, 0.2) is 0 Å². The van der Waals surface area contributed by atoms with Gasteiger partial charge < -0.3 is 10.4 Å². The molecule has 5 heteroatoms. The number of aliphatic hydroxyl groups is 1. The molecule has 128 valence electrons. The summed E-state index contributed by atoms with van der Waals surface area (Å²) in [6.45, 7) is 6.45. The summed E-state index contributed by atoms with van der Waals surface area (Å²) in [4.78, 5) is 12.6. The highest BCUT2D eigenvalue weighted by Crippen LogP contribution is 2.31. The van der Waals surface area contributed by atoms with Crippen LogP contribution in [0, 0.1) is 6.92 Å². The number of hydrogen-bond donors (Lipinski definition) is 2. The summed E-state index contributed by atoms with van der Waals surface area (Å²) in [6.07, 6.45) is 4.16. The van der Waals surface area contributed by atoms with Crippen molar-refractivity contribution in [2.24, 2.45) is 0 Å². The van der Waals surface area contributed by atoms with Gasteiger partial charge in [0.05, 0.1) is 28.7 Å². The molecule has 0 atom stereocenters. The van der Waals surface area contributed by atoms with E-state index >= 15 is 0 Å². The Hall–Kier alpha value is -2.14. The van der Waals surface area contributed by atoms with Crippen molar-refractivity contribution in [1.29, 1.82) is 0 Å². The SMILES string of the molecule is Cc1ccc(-n2ncc(C(=O)NCC3(O)CCC3)c2C(C)C)cc1. The van der Waals surface area contributed by atoms with Crippen LogP contribution < -0.4 is 5.32 Å². The molecule has 0 aliphatic heterocycles. The first-order valence-electron chi connectivity index (χ1n) is 8.55. The van der Waals surface area contributed by atoms with Gasteiger partial charge in [0.25, 0.3) is 5.91 Å². The van der Waals surface area contributed by atoms with Gasteiger partial charge in [0, 0.05) is 6.54 Å². The van der Waals surface area contributed by atoms with Gasteiger partial charge in [-0.25, -0.2) is 4.68 Å². The largest absolute Gasteiger partial charge is 0.388 e. The standard InChI is InChI=1S/C19H25N3O2/c1-13(2)17-16(18(23)20-12-19(24)9-4-10-19)11-21-22(17)15-7-5-14(3)6-8-15/h5-8,11,13,24H,4,9-10,12H2,1-3H3,(H,20,23). The van der Waals surface area contributed by atoms with Crippen LogP contribution in [0.2, 0.25) is 0 Å². The number of carbonyl (C=O) groups excluding carboxylic acids is 1. The Morgan fingerprint density at radius 2 is 2.00 bits per heavy atom. The smallest absolute Gasteiger partial charge is 0.254 e. The lowest BCUT2D eigenvalue weighted by Crippen LogP contribution is -2.47. The van der Waals surface area contributed by atoms with Gasteiger partial charge in [0.1, 0.15) is 0 Å². The van der Waals surface area contributed by atoms with Crippen LogP contribution >= 0.6 is 0 Å². The van der Waals surface area contributed by atoms with Gasteiger partial charge in [-0.15, -0.1) is 0 Å². The van der Waals surface area contributed by atoms with E-state index in [1.165, 1.54) is 5.56 Å². The lowest BCUT2D eigenvalue weighted by Gasteiger charge is -2.36. The Morgan fingerprint density at radius 1 is 1.33 bits per heavy atom. The van der Waals surface area contributed by atoms with E-state index in [4.69, 9.17) is 0 Å². The van der Waals surface area contributed by atoms with E-state index in [1.54, 1.807) is 6.20 Å². The van der Waals surface area contributed by atoms with Crippen LogP contribution in [-0.2, 0) is 0 Å². The number of carbonyl (C=O) groups is 1. The number of nitrogens with one attached hydrogen (secondary N) is 1. The van der Waals surface area contributed by atoms with Crippen molar-refractivity contribution in [3.63, 3.8) is 0 Å². The van der Waals surface area contributed by atoms with Crippen LogP contribution in [0.1, 0.15) is 60.6 Å². The monoisotopic (exact) mass is 327 g/mol. The molecule has 0 bridgehead atoms. The Balaban J connectivity index is 1.85. The Labute approximate surface area is 142 Å². The minimum atomic E-state index is -0.722. The predicted octanol–water partition coefficient (Wildman–Crippen LogP) is 2.95. The Morgan fingerprint density at radius 3 is 2.54 bits per heavy atom. The second-order valence-corrected chi connectivity index (χ2v) is 7.11. The number of aryl methyl sites for hydroxylation is 1. The van der Waals surface area contributed by atoms with Gasteiger partial charge in [-0.05, 0) is 44.2 Å². The van der Waals surface area contributed by atoms with E-state index < -0.39 is 5.60 Å². The number of amides is 1. The van der Waals surface area contributed by atoms with Crippen molar-refractivity contribution in [2.75, 3.05) is 6.54 Å². The molecule has 2 aromatic rings. The maximum Gasteiger partial charge on any atom is 0.254 e. The summed E-state index contributed by atoms with van der Waals surface area (Å²) >= 11 is 0. The van der Waals surface area contributed by atoms with Crippen molar-refractivity contribution in [2.45, 2.75) is 51.6 Å². The fraction of sp³-hybridized carbons (Fsp3) is 0.474. The van der Waals surface area contributed by atoms with Crippen molar-refractivity contribution < 1.29 is 9.90 Å². The first-order chi connectivity index (χ1) is 11.4. The zero-order valence-electron chi connectivity index (χ0n) is 14.5. The highest BCUT2D eigenvalue weighted by Gasteiger charge is 2.35. The lowest BCUT2D eigenvalue weighted by atomic mass is 9.80. The summed E-state index contributed by atoms with van der Waals surface area (Å²) in [5.41, 5.74) is 2.87. The van der Waals surface area contributed by atoms with Crippen LogP contribution in [0.4, 0.5) is 0 Å². The molecule has 5 nitrogen and oxygen atoms in total. The molecule has 1 heterocycles. The van der Waals surface area contributed by atoms with E-state index in [0.29, 0.717) is 12.1 Å². The molecule has 1 saturated carbocycles. The van der Waals surface area contributed by atoms with Gasteiger partial charge >= 0.3 is 0 Å². The van der Waals surface area contributed by atoms with E-state index in [-0.39, 0.29) is 11.8 Å². The molecule has 3 rings (SSSR count). The Bertz CT molecular complexity index is 728.